The van der Waals surface area contributed by atoms with Gasteiger partial charge < -0.3 is 5.11 Å². The fourth-order valence-electron chi connectivity index (χ4n) is 8.39. The molecular weight excluding hydrogens is 488 g/mol. The maximum atomic E-state index is 10.5. The van der Waals surface area contributed by atoms with Crippen LogP contribution in [0.4, 0.5) is 0 Å². The van der Waals surface area contributed by atoms with Crippen LogP contribution in [-0.4, -0.2) is 5.11 Å². The number of fused-ring (bicyclic) bond motifs is 9. The Labute approximate surface area is 237 Å². The number of nitrogens with zero attached hydrogens (tertiary/aromatic N) is 2. The normalized spacial score (nSPS) is 25.1. The van der Waals surface area contributed by atoms with E-state index >= 15 is 0 Å². The predicted molar refractivity (Wildman–Crippen MR) is 161 cm³/mol. The molecule has 0 amide bonds. The molecule has 1 N–H and O–H groups in total. The first-order chi connectivity index (χ1) is 19.4. The van der Waals surface area contributed by atoms with Gasteiger partial charge >= 0.3 is 0 Å². The highest BCUT2D eigenvalue weighted by molar-refractivity contribution is 5.77. The van der Waals surface area contributed by atoms with Gasteiger partial charge in [0, 0.05) is 30.2 Å². The monoisotopic (exact) mass is 526 g/mol. The molecule has 3 nitrogen and oxygen atoms in total. The Morgan fingerprint density at radius 1 is 0.950 bits per heavy atom. The van der Waals surface area contributed by atoms with Crippen molar-refractivity contribution < 1.29 is 14.2 Å². The third-order valence-electron chi connectivity index (χ3n) is 10.1. The number of allylic oxidation sites excluding steroid dienone is 2. The zero-order valence-electron chi connectivity index (χ0n) is 23.9. The Bertz CT molecular complexity index is 1690. The second kappa shape index (κ2) is 9.02. The van der Waals surface area contributed by atoms with Gasteiger partial charge in [-0.15, -0.1) is 6.58 Å². The van der Waals surface area contributed by atoms with Crippen LogP contribution in [0, 0.1) is 19.8 Å². The highest BCUT2D eigenvalue weighted by Gasteiger charge is 2.75. The highest BCUT2D eigenvalue weighted by Crippen LogP contribution is 2.64. The van der Waals surface area contributed by atoms with E-state index in [1.807, 2.05) is 0 Å². The molecule has 3 heteroatoms. The van der Waals surface area contributed by atoms with Crippen molar-refractivity contribution in [3.05, 3.63) is 126 Å². The number of aryl methyl sites for hydroxylation is 2. The molecule has 4 atom stereocenters. The van der Waals surface area contributed by atoms with Crippen LogP contribution in [0.1, 0.15) is 72.5 Å². The Morgan fingerprint density at radius 3 is 2.42 bits per heavy atom. The summed E-state index contributed by atoms with van der Waals surface area (Å²) in [6.45, 7) is 13.4. The lowest BCUT2D eigenvalue weighted by atomic mass is 9.48. The molecule has 7 rings (SSSR count). The lowest BCUT2D eigenvalue weighted by molar-refractivity contribution is -0.845. The number of rotatable bonds is 3. The minimum Gasteiger partial charge on any atom is -0.515 e. The van der Waals surface area contributed by atoms with Crippen LogP contribution >= 0.6 is 0 Å². The van der Waals surface area contributed by atoms with Crippen molar-refractivity contribution in [2.75, 3.05) is 0 Å². The van der Waals surface area contributed by atoms with Crippen molar-refractivity contribution in [3.8, 4) is 22.4 Å². The summed E-state index contributed by atoms with van der Waals surface area (Å²) in [6, 6.07) is 24.8. The van der Waals surface area contributed by atoms with Gasteiger partial charge in [-0.05, 0) is 66.1 Å². The van der Waals surface area contributed by atoms with Crippen LogP contribution in [0.3, 0.4) is 0 Å². The molecule has 1 spiro atoms. The van der Waals surface area contributed by atoms with Gasteiger partial charge in [0.1, 0.15) is 11.8 Å². The van der Waals surface area contributed by atoms with E-state index in [2.05, 4.69) is 129 Å². The summed E-state index contributed by atoms with van der Waals surface area (Å²) in [5.41, 5.74) is 12.5. The van der Waals surface area contributed by atoms with Gasteiger partial charge in [0.15, 0.2) is 24.0 Å². The SMILES string of the molecule is C=CC1C2C(c3ccccc3-c3cccc[n+]32)C12CC/C(=C/O)c1cc(-c3c(C)cccc3C)c(C(C)C)c[n+]12. The first-order valence-electron chi connectivity index (χ1n) is 14.6. The maximum absolute atomic E-state index is 10.5. The Hall–Kier alpha value is -3.98. The molecule has 4 heterocycles. The summed E-state index contributed by atoms with van der Waals surface area (Å²) in [7, 11) is 0. The Morgan fingerprint density at radius 2 is 1.70 bits per heavy atom. The molecule has 1 fully saturated rings. The minimum absolute atomic E-state index is 0.159. The topological polar surface area (TPSA) is 28.0 Å². The second-order valence-corrected chi connectivity index (χ2v) is 12.3. The van der Waals surface area contributed by atoms with Crippen LogP contribution in [-0.2, 0) is 5.54 Å². The first kappa shape index (κ1) is 25.0. The molecule has 4 aromatic rings. The van der Waals surface area contributed by atoms with Gasteiger partial charge in [-0.1, -0.05) is 56.3 Å². The van der Waals surface area contributed by atoms with E-state index in [0.29, 0.717) is 17.9 Å². The Kier molecular flexibility index (Phi) is 5.64. The summed E-state index contributed by atoms with van der Waals surface area (Å²) >= 11 is 0. The van der Waals surface area contributed by atoms with Crippen molar-refractivity contribution >= 4 is 5.57 Å². The molecule has 0 saturated heterocycles. The first-order valence-corrected chi connectivity index (χ1v) is 14.6. The van der Waals surface area contributed by atoms with Gasteiger partial charge in [-0.2, -0.15) is 9.13 Å². The predicted octanol–water partition coefficient (Wildman–Crippen LogP) is 7.88. The lowest BCUT2D eigenvalue weighted by Crippen LogP contribution is -2.79. The molecule has 0 bridgehead atoms. The summed E-state index contributed by atoms with van der Waals surface area (Å²) < 4.78 is 5.06. The maximum Gasteiger partial charge on any atom is 0.213 e. The standard InChI is InChI=1S/C37H37N2O/c1-6-31-36-35(28-15-8-7-14-27(28)32-16-9-10-19-38(32)36)37(31)18-17-26(22-40)33-20-29(30(23(2)3)21-39(33)37)34-24(4)12-11-13-25(34)5/h6-16,19-23,31,35-36H,1,17-18H2,2-5H3/q+1/p+1. The van der Waals surface area contributed by atoms with Crippen molar-refractivity contribution in [1.29, 1.82) is 0 Å². The van der Waals surface area contributed by atoms with Crippen LogP contribution in [0.5, 0.6) is 0 Å². The summed E-state index contributed by atoms with van der Waals surface area (Å²) in [5.74, 6) is 0.910. The summed E-state index contributed by atoms with van der Waals surface area (Å²) in [6.07, 6.45) is 10.0. The summed E-state index contributed by atoms with van der Waals surface area (Å²) in [4.78, 5) is 0. The smallest absolute Gasteiger partial charge is 0.213 e. The number of aliphatic hydroxyl groups is 1. The average Bonchev–Trinajstić information content (AvgIpc) is 2.95. The van der Waals surface area contributed by atoms with Crippen molar-refractivity contribution in [1.82, 2.24) is 0 Å². The molecule has 40 heavy (non-hydrogen) atoms. The zero-order valence-corrected chi connectivity index (χ0v) is 23.9. The third-order valence-corrected chi connectivity index (χ3v) is 10.1. The zero-order chi connectivity index (χ0) is 27.8. The fraction of sp³-hybridized carbons (Fsp3) is 0.297. The number of hydrogen-bond acceptors (Lipinski definition) is 1. The van der Waals surface area contributed by atoms with Crippen molar-refractivity contribution in [3.63, 3.8) is 0 Å². The van der Waals surface area contributed by atoms with Gasteiger partial charge in [-0.3, -0.25) is 0 Å². The molecule has 2 aromatic heterocycles. The van der Waals surface area contributed by atoms with Gasteiger partial charge in [0.05, 0.1) is 17.4 Å². The minimum atomic E-state index is -0.159. The highest BCUT2D eigenvalue weighted by atomic mass is 16.2. The van der Waals surface area contributed by atoms with Crippen LogP contribution in [0.25, 0.3) is 28.0 Å². The van der Waals surface area contributed by atoms with E-state index in [4.69, 9.17) is 0 Å². The van der Waals surface area contributed by atoms with Crippen LogP contribution in [0.15, 0.2) is 98.0 Å². The number of hydrogen-bond donors (Lipinski definition) is 1. The number of benzene rings is 2. The van der Waals surface area contributed by atoms with Gasteiger partial charge in [-0.25, -0.2) is 0 Å². The average molecular weight is 527 g/mol. The molecule has 0 radical (unpaired) electrons. The quantitative estimate of drug-likeness (QED) is 0.164. The van der Waals surface area contributed by atoms with Crippen LogP contribution < -0.4 is 9.13 Å². The van der Waals surface area contributed by atoms with E-state index in [9.17, 15) is 5.11 Å². The van der Waals surface area contributed by atoms with Crippen LogP contribution in [0.2, 0.25) is 0 Å². The summed E-state index contributed by atoms with van der Waals surface area (Å²) in [5, 5.41) is 10.5. The third kappa shape index (κ3) is 3.18. The van der Waals surface area contributed by atoms with Crippen molar-refractivity contribution in [2.24, 2.45) is 5.92 Å². The molecule has 2 aromatic carbocycles. The Balaban J connectivity index is 1.53. The number of pyridine rings is 2. The molecule has 1 aliphatic carbocycles. The molecule has 3 aliphatic rings. The van der Waals surface area contributed by atoms with E-state index in [1.165, 1.54) is 50.9 Å². The molecule has 4 unspecified atom stereocenters. The van der Waals surface area contributed by atoms with E-state index in [0.717, 1.165) is 24.1 Å². The lowest BCUT2D eigenvalue weighted by Gasteiger charge is -2.56. The van der Waals surface area contributed by atoms with E-state index in [1.54, 1.807) is 0 Å². The molecular formula is C37H38N2O+2. The van der Waals surface area contributed by atoms with Crippen molar-refractivity contribution in [2.45, 2.75) is 64.0 Å². The molecule has 1 saturated carbocycles. The number of aromatic nitrogens is 2. The molecule has 200 valence electrons. The second-order valence-electron chi connectivity index (χ2n) is 12.3. The number of aliphatic hydroxyl groups excluding tert-OH is 1. The molecule has 2 aliphatic heterocycles. The largest absolute Gasteiger partial charge is 0.515 e. The van der Waals surface area contributed by atoms with Gasteiger partial charge in [0.25, 0.3) is 0 Å². The van der Waals surface area contributed by atoms with E-state index < -0.39 is 0 Å². The van der Waals surface area contributed by atoms with Gasteiger partial charge in [0.2, 0.25) is 11.4 Å². The van der Waals surface area contributed by atoms with E-state index in [-0.39, 0.29) is 11.5 Å². The fourth-order valence-corrected chi connectivity index (χ4v) is 8.39.